The molecule has 0 saturated carbocycles. The predicted octanol–water partition coefficient (Wildman–Crippen LogP) is 3.67. The molecular formula is C22H28FN3O2. The minimum Gasteiger partial charge on any atom is -0.372 e. The van der Waals surface area contributed by atoms with Crippen molar-refractivity contribution in [3.05, 3.63) is 59.4 Å². The molecule has 0 aliphatic carbocycles. The van der Waals surface area contributed by atoms with Crippen LogP contribution in [0.15, 0.2) is 42.5 Å². The van der Waals surface area contributed by atoms with Gasteiger partial charge in [0.05, 0.1) is 0 Å². The van der Waals surface area contributed by atoms with E-state index in [1.807, 2.05) is 25.1 Å². The van der Waals surface area contributed by atoms with Crippen molar-refractivity contribution in [2.45, 2.75) is 33.6 Å². The van der Waals surface area contributed by atoms with Crippen molar-refractivity contribution in [3.8, 4) is 0 Å². The number of rotatable bonds is 9. The Balaban J connectivity index is 1.81. The van der Waals surface area contributed by atoms with E-state index in [2.05, 4.69) is 29.4 Å². The van der Waals surface area contributed by atoms with E-state index >= 15 is 0 Å². The number of hydrogen-bond acceptors (Lipinski definition) is 3. The monoisotopic (exact) mass is 385 g/mol. The molecule has 28 heavy (non-hydrogen) atoms. The van der Waals surface area contributed by atoms with Gasteiger partial charge in [0.25, 0.3) is 0 Å². The molecule has 6 heteroatoms. The molecule has 2 rings (SSSR count). The standard InChI is InChI=1S/C22H28FN3O2/c1-4-26(5-2)19-10-11-20(16(3)14-19)25-22(28)15-21(27)24-13-12-17-6-8-18(23)9-7-17/h6-11,14H,4-5,12-13,15H2,1-3H3,(H,24,27)(H,25,28). The van der Waals surface area contributed by atoms with Crippen molar-refractivity contribution in [2.75, 3.05) is 29.9 Å². The van der Waals surface area contributed by atoms with Gasteiger partial charge in [-0.3, -0.25) is 9.59 Å². The minimum atomic E-state index is -0.349. The Kier molecular flexibility index (Phi) is 7.99. The van der Waals surface area contributed by atoms with E-state index in [1.165, 1.54) is 12.1 Å². The van der Waals surface area contributed by atoms with Gasteiger partial charge in [0.1, 0.15) is 12.2 Å². The van der Waals surface area contributed by atoms with Crippen molar-refractivity contribution in [3.63, 3.8) is 0 Å². The number of hydrogen-bond donors (Lipinski definition) is 2. The van der Waals surface area contributed by atoms with Crippen molar-refractivity contribution < 1.29 is 14.0 Å². The molecule has 0 atom stereocenters. The molecule has 0 bridgehead atoms. The Bertz CT molecular complexity index is 802. The summed E-state index contributed by atoms with van der Waals surface area (Å²) in [5.41, 5.74) is 3.70. The van der Waals surface area contributed by atoms with Crippen molar-refractivity contribution >= 4 is 23.2 Å². The van der Waals surface area contributed by atoms with Crippen molar-refractivity contribution in [2.24, 2.45) is 0 Å². The summed E-state index contributed by atoms with van der Waals surface area (Å²) >= 11 is 0. The van der Waals surface area contributed by atoms with Crippen LogP contribution in [0.3, 0.4) is 0 Å². The fourth-order valence-electron chi connectivity index (χ4n) is 2.97. The van der Waals surface area contributed by atoms with Gasteiger partial charge in [-0.15, -0.1) is 0 Å². The summed E-state index contributed by atoms with van der Waals surface area (Å²) in [7, 11) is 0. The number of amides is 2. The molecule has 0 heterocycles. The first-order valence-corrected chi connectivity index (χ1v) is 9.59. The maximum absolute atomic E-state index is 12.9. The summed E-state index contributed by atoms with van der Waals surface area (Å²) < 4.78 is 12.9. The first-order valence-electron chi connectivity index (χ1n) is 9.59. The number of nitrogens with one attached hydrogen (secondary N) is 2. The predicted molar refractivity (Wildman–Crippen MR) is 111 cm³/mol. The molecular weight excluding hydrogens is 357 g/mol. The number of carbonyl (C=O) groups is 2. The van der Waals surface area contributed by atoms with Gasteiger partial charge in [-0.25, -0.2) is 4.39 Å². The van der Waals surface area contributed by atoms with Gasteiger partial charge in [0, 0.05) is 31.0 Å². The third-order valence-electron chi connectivity index (χ3n) is 4.58. The third kappa shape index (κ3) is 6.37. The lowest BCUT2D eigenvalue weighted by Crippen LogP contribution is -2.29. The van der Waals surface area contributed by atoms with Gasteiger partial charge in [-0.2, -0.15) is 0 Å². The molecule has 2 aromatic rings. The second-order valence-corrected chi connectivity index (χ2v) is 6.62. The van der Waals surface area contributed by atoms with Crippen LogP contribution in [-0.2, 0) is 16.0 Å². The Morgan fingerprint density at radius 3 is 2.29 bits per heavy atom. The smallest absolute Gasteiger partial charge is 0.233 e. The summed E-state index contributed by atoms with van der Waals surface area (Å²) in [6.45, 7) is 8.37. The van der Waals surface area contributed by atoms with Gasteiger partial charge in [-0.05, 0) is 68.7 Å². The fraction of sp³-hybridized carbons (Fsp3) is 0.364. The quantitative estimate of drug-likeness (QED) is 0.648. The van der Waals surface area contributed by atoms with Crippen LogP contribution in [0.1, 0.15) is 31.4 Å². The van der Waals surface area contributed by atoms with E-state index < -0.39 is 0 Å². The maximum atomic E-state index is 12.9. The van der Waals surface area contributed by atoms with Gasteiger partial charge in [-0.1, -0.05) is 12.1 Å². The molecule has 0 fully saturated rings. The average Bonchev–Trinajstić information content (AvgIpc) is 2.66. The highest BCUT2D eigenvalue weighted by Crippen LogP contribution is 2.22. The molecule has 2 aromatic carbocycles. The van der Waals surface area contributed by atoms with E-state index in [1.54, 1.807) is 12.1 Å². The zero-order valence-electron chi connectivity index (χ0n) is 16.7. The number of halogens is 1. The molecule has 0 aromatic heterocycles. The zero-order chi connectivity index (χ0) is 20.5. The minimum absolute atomic E-state index is 0.235. The number of nitrogens with zero attached hydrogens (tertiary/aromatic N) is 1. The summed E-state index contributed by atoms with van der Waals surface area (Å²) in [5.74, 6) is -0.972. The Hall–Kier alpha value is -2.89. The van der Waals surface area contributed by atoms with Crippen LogP contribution >= 0.6 is 0 Å². The van der Waals surface area contributed by atoms with Crippen LogP contribution in [-0.4, -0.2) is 31.4 Å². The highest BCUT2D eigenvalue weighted by atomic mass is 19.1. The van der Waals surface area contributed by atoms with E-state index in [4.69, 9.17) is 0 Å². The Morgan fingerprint density at radius 2 is 1.68 bits per heavy atom. The van der Waals surface area contributed by atoms with Crippen LogP contribution in [0.2, 0.25) is 0 Å². The van der Waals surface area contributed by atoms with Crippen LogP contribution < -0.4 is 15.5 Å². The van der Waals surface area contributed by atoms with Crippen LogP contribution in [0.4, 0.5) is 15.8 Å². The van der Waals surface area contributed by atoms with Gasteiger partial charge in [0.15, 0.2) is 0 Å². The topological polar surface area (TPSA) is 61.4 Å². The van der Waals surface area contributed by atoms with Gasteiger partial charge >= 0.3 is 0 Å². The molecule has 0 saturated heterocycles. The lowest BCUT2D eigenvalue weighted by Gasteiger charge is -2.22. The van der Waals surface area contributed by atoms with Crippen LogP contribution in [0.5, 0.6) is 0 Å². The number of carbonyl (C=O) groups excluding carboxylic acids is 2. The summed E-state index contributed by atoms with van der Waals surface area (Å²) in [6.07, 6.45) is 0.347. The molecule has 150 valence electrons. The van der Waals surface area contributed by atoms with E-state index in [0.29, 0.717) is 18.7 Å². The van der Waals surface area contributed by atoms with E-state index in [-0.39, 0.29) is 24.1 Å². The van der Waals surface area contributed by atoms with Crippen molar-refractivity contribution in [1.29, 1.82) is 0 Å². The molecule has 0 unspecified atom stereocenters. The molecule has 0 aliphatic rings. The maximum Gasteiger partial charge on any atom is 0.233 e. The average molecular weight is 385 g/mol. The van der Waals surface area contributed by atoms with Crippen molar-refractivity contribution in [1.82, 2.24) is 5.32 Å². The molecule has 2 N–H and O–H groups in total. The molecule has 0 aliphatic heterocycles. The Labute approximate surface area is 165 Å². The zero-order valence-corrected chi connectivity index (χ0v) is 16.7. The highest BCUT2D eigenvalue weighted by molar-refractivity contribution is 6.03. The number of anilines is 2. The third-order valence-corrected chi connectivity index (χ3v) is 4.58. The largest absolute Gasteiger partial charge is 0.372 e. The summed E-state index contributed by atoms with van der Waals surface area (Å²) in [4.78, 5) is 26.3. The number of aryl methyl sites for hydroxylation is 1. The van der Waals surface area contributed by atoms with Gasteiger partial charge in [0.2, 0.25) is 11.8 Å². The summed E-state index contributed by atoms with van der Waals surface area (Å²) in [5, 5.41) is 5.51. The first kappa shape index (κ1) is 21.4. The molecule has 2 amide bonds. The van der Waals surface area contributed by atoms with Crippen LogP contribution in [0.25, 0.3) is 0 Å². The summed E-state index contributed by atoms with van der Waals surface area (Å²) in [6, 6.07) is 12.0. The van der Waals surface area contributed by atoms with E-state index in [0.717, 1.165) is 29.9 Å². The molecule has 5 nitrogen and oxygen atoms in total. The fourth-order valence-corrected chi connectivity index (χ4v) is 2.97. The lowest BCUT2D eigenvalue weighted by atomic mass is 10.1. The SMILES string of the molecule is CCN(CC)c1ccc(NC(=O)CC(=O)NCCc2ccc(F)cc2)c(C)c1. The second-order valence-electron chi connectivity index (χ2n) is 6.62. The highest BCUT2D eigenvalue weighted by Gasteiger charge is 2.11. The molecule has 0 radical (unpaired) electrons. The second kappa shape index (κ2) is 10.4. The van der Waals surface area contributed by atoms with Crippen LogP contribution in [0, 0.1) is 12.7 Å². The lowest BCUT2D eigenvalue weighted by molar-refractivity contribution is -0.126. The first-order chi connectivity index (χ1) is 13.4. The number of benzene rings is 2. The normalized spacial score (nSPS) is 10.4. The van der Waals surface area contributed by atoms with E-state index in [9.17, 15) is 14.0 Å². The van der Waals surface area contributed by atoms with Gasteiger partial charge < -0.3 is 15.5 Å². The Morgan fingerprint density at radius 1 is 1.00 bits per heavy atom. The molecule has 0 spiro atoms.